The Labute approximate surface area is 172 Å². The number of nitrogens with two attached hydrogens (primary N) is 1. The number of halogens is 1. The van der Waals surface area contributed by atoms with Crippen molar-refractivity contribution in [2.24, 2.45) is 5.73 Å². The molecule has 0 aromatic heterocycles. The van der Waals surface area contributed by atoms with Crippen molar-refractivity contribution in [3.05, 3.63) is 65.2 Å². The third-order valence-corrected chi connectivity index (χ3v) is 5.42. The van der Waals surface area contributed by atoms with E-state index in [1.54, 1.807) is 18.2 Å². The molecule has 8 heteroatoms. The summed E-state index contributed by atoms with van der Waals surface area (Å²) in [5, 5.41) is 2.91. The highest BCUT2D eigenvalue weighted by Gasteiger charge is 2.22. The van der Waals surface area contributed by atoms with E-state index < -0.39 is 21.9 Å². The molecule has 0 bridgehead atoms. The fourth-order valence-corrected chi connectivity index (χ4v) is 3.41. The minimum absolute atomic E-state index is 0. The third-order valence-electron chi connectivity index (χ3n) is 4.31. The maximum Gasteiger partial charge on any atom is 0.240 e. The Hall–Kier alpha value is -1.93. The van der Waals surface area contributed by atoms with Crippen molar-refractivity contribution in [3.8, 4) is 0 Å². The summed E-state index contributed by atoms with van der Waals surface area (Å²) in [6.45, 7) is 2.16. The third kappa shape index (κ3) is 6.31. The van der Waals surface area contributed by atoms with Crippen LogP contribution in [0.2, 0.25) is 0 Å². The van der Waals surface area contributed by atoms with Gasteiger partial charge < -0.3 is 15.8 Å². The second kappa shape index (κ2) is 10.6. The van der Waals surface area contributed by atoms with E-state index in [0.29, 0.717) is 5.56 Å². The first-order valence-electron chi connectivity index (χ1n) is 8.70. The molecular formula is C20H27ClN2O4S. The van der Waals surface area contributed by atoms with Gasteiger partial charge in [-0.1, -0.05) is 43.3 Å². The predicted molar refractivity (Wildman–Crippen MR) is 112 cm³/mol. The van der Waals surface area contributed by atoms with Gasteiger partial charge in [0.15, 0.2) is 9.84 Å². The molecule has 0 saturated heterocycles. The Kier molecular flexibility index (Phi) is 9.10. The molecule has 2 aromatic carbocycles. The number of rotatable bonds is 8. The lowest BCUT2D eigenvalue weighted by atomic mass is 9.97. The van der Waals surface area contributed by atoms with Crippen LogP contribution in [0.1, 0.15) is 29.7 Å². The van der Waals surface area contributed by atoms with Crippen molar-refractivity contribution in [2.75, 3.05) is 20.0 Å². The lowest BCUT2D eigenvalue weighted by Crippen LogP contribution is -2.45. The van der Waals surface area contributed by atoms with Crippen molar-refractivity contribution in [1.29, 1.82) is 0 Å². The summed E-state index contributed by atoms with van der Waals surface area (Å²) in [6, 6.07) is 13.1. The summed E-state index contributed by atoms with van der Waals surface area (Å²) >= 11 is 0. The number of nitrogens with one attached hydrogen (secondary N) is 1. The molecule has 0 radical (unpaired) electrons. The van der Waals surface area contributed by atoms with Gasteiger partial charge in [0.25, 0.3) is 0 Å². The second-order valence-electron chi connectivity index (χ2n) is 6.44. The highest BCUT2D eigenvalue weighted by Crippen LogP contribution is 2.25. The minimum Gasteiger partial charge on any atom is -0.383 e. The number of carbonyl (C=O) groups is 1. The Morgan fingerprint density at radius 3 is 2.32 bits per heavy atom. The van der Waals surface area contributed by atoms with E-state index >= 15 is 0 Å². The van der Waals surface area contributed by atoms with E-state index in [9.17, 15) is 13.2 Å². The first kappa shape index (κ1) is 24.1. The zero-order valence-corrected chi connectivity index (χ0v) is 17.8. The molecule has 0 heterocycles. The summed E-state index contributed by atoms with van der Waals surface area (Å²) in [6.07, 6.45) is 2.06. The molecule has 2 rings (SSSR count). The lowest BCUT2D eigenvalue weighted by molar-refractivity contribution is -0.123. The summed E-state index contributed by atoms with van der Waals surface area (Å²) in [4.78, 5) is 12.7. The van der Waals surface area contributed by atoms with Crippen LogP contribution in [-0.4, -0.2) is 40.3 Å². The molecule has 0 aliphatic carbocycles. The fourth-order valence-electron chi connectivity index (χ4n) is 2.73. The number of methoxy groups -OCH3 is 1. The Balaban J connectivity index is 0.00000392. The second-order valence-corrected chi connectivity index (χ2v) is 8.46. The zero-order valence-electron chi connectivity index (χ0n) is 16.2. The van der Waals surface area contributed by atoms with Gasteiger partial charge in [-0.25, -0.2) is 8.42 Å². The van der Waals surface area contributed by atoms with Crippen molar-refractivity contribution in [2.45, 2.75) is 30.3 Å². The number of carbonyl (C=O) groups excluding carboxylic acids is 1. The predicted octanol–water partition coefficient (Wildman–Crippen LogP) is 2.25. The van der Waals surface area contributed by atoms with Gasteiger partial charge in [-0.2, -0.15) is 0 Å². The van der Waals surface area contributed by atoms with Crippen LogP contribution in [0.4, 0.5) is 0 Å². The van der Waals surface area contributed by atoms with Crippen LogP contribution in [0.3, 0.4) is 0 Å². The molecule has 0 aliphatic rings. The number of ether oxygens (including phenoxy) is 1. The molecule has 0 saturated carbocycles. The van der Waals surface area contributed by atoms with Crippen LogP contribution >= 0.6 is 12.4 Å². The monoisotopic (exact) mass is 426 g/mol. The largest absolute Gasteiger partial charge is 0.383 e. The van der Waals surface area contributed by atoms with Gasteiger partial charge in [0.2, 0.25) is 5.91 Å². The number of hydrogen-bond donors (Lipinski definition) is 2. The number of sulfone groups is 1. The van der Waals surface area contributed by atoms with Gasteiger partial charge in [-0.15, -0.1) is 12.4 Å². The van der Waals surface area contributed by atoms with Crippen molar-refractivity contribution in [1.82, 2.24) is 5.32 Å². The van der Waals surface area contributed by atoms with Crippen LogP contribution in [0.25, 0.3) is 0 Å². The summed E-state index contributed by atoms with van der Waals surface area (Å²) in [7, 11) is -1.89. The van der Waals surface area contributed by atoms with E-state index in [2.05, 4.69) is 12.2 Å². The number of amides is 1. The highest BCUT2D eigenvalue weighted by atomic mass is 35.5. The average molecular weight is 427 g/mol. The molecular weight excluding hydrogens is 400 g/mol. The van der Waals surface area contributed by atoms with E-state index in [-0.39, 0.29) is 29.8 Å². The zero-order chi connectivity index (χ0) is 20.0. The quantitative estimate of drug-likeness (QED) is 0.674. The van der Waals surface area contributed by atoms with Gasteiger partial charge in [0.1, 0.15) is 6.04 Å². The first-order chi connectivity index (χ1) is 12.8. The molecule has 2 aromatic rings. The topological polar surface area (TPSA) is 98.5 Å². The van der Waals surface area contributed by atoms with Crippen LogP contribution < -0.4 is 11.1 Å². The summed E-state index contributed by atoms with van der Waals surface area (Å²) < 4.78 is 28.8. The number of aryl methyl sites for hydroxylation is 1. The van der Waals surface area contributed by atoms with Crippen molar-refractivity contribution in [3.63, 3.8) is 0 Å². The fraction of sp³-hybridized carbons (Fsp3) is 0.350. The molecule has 0 aliphatic heterocycles. The van der Waals surface area contributed by atoms with E-state index in [1.807, 2.05) is 24.3 Å². The Morgan fingerprint density at radius 1 is 1.14 bits per heavy atom. The van der Waals surface area contributed by atoms with E-state index in [0.717, 1.165) is 18.2 Å². The summed E-state index contributed by atoms with van der Waals surface area (Å²) in [5.74, 6) is -0.369. The highest BCUT2D eigenvalue weighted by molar-refractivity contribution is 7.90. The van der Waals surface area contributed by atoms with Crippen molar-refractivity contribution < 1.29 is 17.9 Å². The first-order valence-corrected chi connectivity index (χ1v) is 10.6. The van der Waals surface area contributed by atoms with Gasteiger partial charge >= 0.3 is 0 Å². The Morgan fingerprint density at radius 2 is 1.79 bits per heavy atom. The van der Waals surface area contributed by atoms with Gasteiger partial charge in [0.05, 0.1) is 17.5 Å². The molecule has 0 fully saturated rings. The van der Waals surface area contributed by atoms with Crippen LogP contribution in [-0.2, 0) is 25.8 Å². The number of benzene rings is 2. The normalized spacial score (nSPS) is 13.3. The van der Waals surface area contributed by atoms with Gasteiger partial charge in [-0.3, -0.25) is 4.79 Å². The van der Waals surface area contributed by atoms with Crippen LogP contribution in [0.5, 0.6) is 0 Å². The molecule has 2 unspecified atom stereocenters. The SMILES string of the molecule is CCc1ccc(C(NC(=O)C(N)COC)c2cccc(S(C)(=O)=O)c2)cc1.Cl. The van der Waals surface area contributed by atoms with Gasteiger partial charge in [0, 0.05) is 13.4 Å². The average Bonchev–Trinajstić information content (AvgIpc) is 2.65. The van der Waals surface area contributed by atoms with Crippen LogP contribution in [0, 0.1) is 0 Å². The Bertz CT molecular complexity index is 885. The molecule has 6 nitrogen and oxygen atoms in total. The standard InChI is InChI=1S/C20H26N2O4S.ClH/c1-4-14-8-10-15(11-9-14)19(22-20(23)18(21)13-26-2)16-6-5-7-17(12-16)27(3,24)25;/h5-12,18-19H,4,13,21H2,1-3H3,(H,22,23);1H. The van der Waals surface area contributed by atoms with Gasteiger partial charge in [-0.05, 0) is 35.2 Å². The van der Waals surface area contributed by atoms with Crippen LogP contribution in [0.15, 0.2) is 53.4 Å². The molecule has 0 spiro atoms. The molecule has 28 heavy (non-hydrogen) atoms. The molecule has 3 N–H and O–H groups in total. The van der Waals surface area contributed by atoms with Crippen molar-refractivity contribution >= 4 is 28.2 Å². The maximum absolute atomic E-state index is 12.5. The summed E-state index contributed by atoms with van der Waals surface area (Å²) in [5.41, 5.74) is 8.53. The molecule has 154 valence electrons. The molecule has 2 atom stereocenters. The van der Waals surface area contributed by atoms with E-state index in [4.69, 9.17) is 10.5 Å². The minimum atomic E-state index is -3.36. The molecule has 1 amide bonds. The number of hydrogen-bond acceptors (Lipinski definition) is 5. The van der Waals surface area contributed by atoms with E-state index in [1.165, 1.54) is 18.7 Å². The smallest absolute Gasteiger partial charge is 0.240 e. The maximum atomic E-state index is 12.5. The lowest BCUT2D eigenvalue weighted by Gasteiger charge is -2.22.